The zero-order chi connectivity index (χ0) is 5.15. The summed E-state index contributed by atoms with van der Waals surface area (Å²) < 4.78 is -0.843. The molecule has 0 saturated carbocycles. The number of carboxylic acid groups (broad SMARTS) is 1. The molecule has 0 bridgehead atoms. The van der Waals surface area contributed by atoms with E-state index >= 15 is 0 Å². The van der Waals surface area contributed by atoms with Crippen LogP contribution in [-0.4, -0.2) is 15.7 Å². The van der Waals surface area contributed by atoms with Crippen LogP contribution in [0.4, 0.5) is 0 Å². The summed E-state index contributed by atoms with van der Waals surface area (Å²) in [5.74, 6) is -1.01. The predicted molar refractivity (Wildman–Crippen MR) is 29.4 cm³/mol. The average Bonchev–Trinajstić information content (AvgIpc) is 1.36. The average molecular weight is 232 g/mol. The Morgan fingerprint density at radius 1 is 1.57 bits per heavy atom. The summed E-state index contributed by atoms with van der Waals surface area (Å²) in [6.45, 7) is 0. The SMILES string of the molecule is O=C(O)C(S)S.[Ag]. The Balaban J connectivity index is 0. The van der Waals surface area contributed by atoms with Crippen molar-refractivity contribution in [3.8, 4) is 0 Å². The normalized spacial score (nSPS) is 7.86. The molecule has 0 saturated heterocycles. The topological polar surface area (TPSA) is 37.3 Å². The van der Waals surface area contributed by atoms with Crippen LogP contribution in [0.1, 0.15) is 0 Å². The molecule has 0 rings (SSSR count). The molecule has 0 aliphatic carbocycles. The van der Waals surface area contributed by atoms with Gasteiger partial charge in [0.1, 0.15) is 4.58 Å². The quantitative estimate of drug-likeness (QED) is 0.344. The van der Waals surface area contributed by atoms with Crippen molar-refractivity contribution in [1.29, 1.82) is 0 Å². The van der Waals surface area contributed by atoms with Gasteiger partial charge in [0.05, 0.1) is 0 Å². The maximum atomic E-state index is 9.55. The summed E-state index contributed by atoms with van der Waals surface area (Å²) >= 11 is 6.92. The van der Waals surface area contributed by atoms with Crippen LogP contribution >= 0.6 is 25.3 Å². The van der Waals surface area contributed by atoms with Crippen LogP contribution in [-0.2, 0) is 27.2 Å². The van der Waals surface area contributed by atoms with Crippen molar-refractivity contribution in [2.24, 2.45) is 0 Å². The minimum atomic E-state index is -1.01. The number of aliphatic carboxylic acids is 1. The number of carboxylic acids is 1. The van der Waals surface area contributed by atoms with Crippen molar-refractivity contribution in [3.63, 3.8) is 0 Å². The van der Waals surface area contributed by atoms with Gasteiger partial charge >= 0.3 is 5.97 Å². The van der Waals surface area contributed by atoms with E-state index in [9.17, 15) is 4.79 Å². The molecular formula is C2H4AgO2S2. The van der Waals surface area contributed by atoms with E-state index in [0.29, 0.717) is 0 Å². The third kappa shape index (κ3) is 6.91. The van der Waals surface area contributed by atoms with E-state index in [1.54, 1.807) is 0 Å². The second kappa shape index (κ2) is 5.05. The first-order valence-corrected chi connectivity index (χ1v) is 2.27. The van der Waals surface area contributed by atoms with Gasteiger partial charge in [-0.3, -0.25) is 4.79 Å². The van der Waals surface area contributed by atoms with Gasteiger partial charge in [0.25, 0.3) is 0 Å². The van der Waals surface area contributed by atoms with Crippen LogP contribution in [0.3, 0.4) is 0 Å². The first-order valence-electron chi connectivity index (χ1n) is 1.23. The van der Waals surface area contributed by atoms with Crippen molar-refractivity contribution < 1.29 is 32.3 Å². The Morgan fingerprint density at radius 2 is 1.71 bits per heavy atom. The molecule has 0 aromatic heterocycles. The fourth-order valence-electron chi connectivity index (χ4n) is 0. The number of hydrogen-bond acceptors (Lipinski definition) is 3. The first-order chi connectivity index (χ1) is 2.64. The van der Waals surface area contributed by atoms with Crippen LogP contribution in [0.15, 0.2) is 0 Å². The smallest absolute Gasteiger partial charge is 0.326 e. The van der Waals surface area contributed by atoms with Crippen LogP contribution in [0.5, 0.6) is 0 Å². The molecule has 0 spiro atoms. The molecule has 0 fully saturated rings. The van der Waals surface area contributed by atoms with Crippen molar-refractivity contribution in [3.05, 3.63) is 0 Å². The third-order valence-electron chi connectivity index (χ3n) is 0.221. The van der Waals surface area contributed by atoms with Crippen LogP contribution in [0.25, 0.3) is 0 Å². The third-order valence-corrected chi connectivity index (χ3v) is 0.663. The Labute approximate surface area is 68.0 Å². The van der Waals surface area contributed by atoms with Crippen molar-refractivity contribution in [2.45, 2.75) is 4.58 Å². The first kappa shape index (κ1) is 10.8. The molecule has 0 aliphatic heterocycles. The Hall–Kier alpha value is 0.910. The summed E-state index contributed by atoms with van der Waals surface area (Å²) in [5, 5.41) is 7.84. The predicted octanol–water partition coefficient (Wildman–Crippen LogP) is 0.254. The van der Waals surface area contributed by atoms with Crippen molar-refractivity contribution >= 4 is 31.2 Å². The largest absolute Gasteiger partial charge is 0.480 e. The molecule has 7 heavy (non-hydrogen) atoms. The molecular weight excluding hydrogens is 228 g/mol. The van der Waals surface area contributed by atoms with Gasteiger partial charge in [-0.05, 0) is 0 Å². The van der Waals surface area contributed by atoms with E-state index in [-0.39, 0.29) is 22.4 Å². The zero-order valence-electron chi connectivity index (χ0n) is 3.13. The van der Waals surface area contributed by atoms with Crippen LogP contribution in [0.2, 0.25) is 0 Å². The van der Waals surface area contributed by atoms with Crippen molar-refractivity contribution in [1.82, 2.24) is 0 Å². The number of thiol groups is 2. The molecule has 0 unspecified atom stereocenters. The van der Waals surface area contributed by atoms with E-state index in [4.69, 9.17) is 5.11 Å². The Bertz CT molecular complexity index is 64.7. The van der Waals surface area contributed by atoms with Gasteiger partial charge < -0.3 is 5.11 Å². The van der Waals surface area contributed by atoms with Gasteiger partial charge in [0.15, 0.2) is 0 Å². The van der Waals surface area contributed by atoms with Gasteiger partial charge in [-0.25, -0.2) is 0 Å². The summed E-state index contributed by atoms with van der Waals surface area (Å²) in [4.78, 5) is 9.55. The standard InChI is InChI=1S/C2H4O2S2.Ag/c3-1(4)2(5)6;/h2,5-6H,(H,3,4);. The molecule has 0 aromatic rings. The summed E-state index contributed by atoms with van der Waals surface area (Å²) in [5.41, 5.74) is 0. The Kier molecular flexibility index (Phi) is 7.81. The van der Waals surface area contributed by atoms with Gasteiger partial charge in [0.2, 0.25) is 0 Å². The fraction of sp³-hybridized carbons (Fsp3) is 0.500. The summed E-state index contributed by atoms with van der Waals surface area (Å²) in [6, 6.07) is 0. The molecule has 0 atom stereocenters. The molecule has 47 valence electrons. The monoisotopic (exact) mass is 231 g/mol. The maximum absolute atomic E-state index is 9.55. The second-order valence-electron chi connectivity index (χ2n) is 0.712. The van der Waals surface area contributed by atoms with E-state index < -0.39 is 10.6 Å². The number of carbonyl (C=O) groups is 1. The fourth-order valence-corrected chi connectivity index (χ4v) is 0. The molecule has 1 N–H and O–H groups in total. The minimum absolute atomic E-state index is 0. The van der Waals surface area contributed by atoms with Crippen LogP contribution < -0.4 is 0 Å². The van der Waals surface area contributed by atoms with E-state index in [1.807, 2.05) is 0 Å². The summed E-state index contributed by atoms with van der Waals surface area (Å²) in [6.07, 6.45) is 0. The maximum Gasteiger partial charge on any atom is 0.326 e. The minimum Gasteiger partial charge on any atom is -0.480 e. The number of rotatable bonds is 1. The second-order valence-corrected chi connectivity index (χ2v) is 2.15. The molecule has 1 radical (unpaired) electrons. The van der Waals surface area contributed by atoms with E-state index in [0.717, 1.165) is 0 Å². The van der Waals surface area contributed by atoms with Crippen LogP contribution in [0, 0.1) is 0 Å². The van der Waals surface area contributed by atoms with Gasteiger partial charge in [-0.1, -0.05) is 0 Å². The summed E-state index contributed by atoms with van der Waals surface area (Å²) in [7, 11) is 0. The molecule has 2 nitrogen and oxygen atoms in total. The van der Waals surface area contributed by atoms with Gasteiger partial charge in [-0.15, -0.1) is 0 Å². The van der Waals surface area contributed by atoms with Crippen molar-refractivity contribution in [2.75, 3.05) is 0 Å². The number of hydrogen-bond donors (Lipinski definition) is 3. The molecule has 0 amide bonds. The Morgan fingerprint density at radius 3 is 1.71 bits per heavy atom. The van der Waals surface area contributed by atoms with Gasteiger partial charge in [0, 0.05) is 22.4 Å². The van der Waals surface area contributed by atoms with E-state index in [1.165, 1.54) is 0 Å². The molecule has 0 heterocycles. The molecule has 0 aliphatic rings. The molecule has 5 heteroatoms. The van der Waals surface area contributed by atoms with Gasteiger partial charge in [-0.2, -0.15) is 25.3 Å². The zero-order valence-corrected chi connectivity index (χ0v) is 6.40. The molecule has 0 aromatic carbocycles. The van der Waals surface area contributed by atoms with E-state index in [2.05, 4.69) is 25.3 Å².